The van der Waals surface area contributed by atoms with Gasteiger partial charge in [0, 0.05) is 32.6 Å². The number of nitrogens with zero attached hydrogens (tertiary/aromatic N) is 1. The summed E-state index contributed by atoms with van der Waals surface area (Å²) >= 11 is 3.56. The fourth-order valence-corrected chi connectivity index (χ4v) is 6.80. The van der Waals surface area contributed by atoms with Crippen LogP contribution in [0.4, 0.5) is 5.69 Å². The Balaban J connectivity index is 1.70. The summed E-state index contributed by atoms with van der Waals surface area (Å²) in [5, 5.41) is 0. The molecule has 2 heterocycles. The number of hydrogen-bond acceptors (Lipinski definition) is 4. The van der Waals surface area contributed by atoms with E-state index in [1.54, 1.807) is 24.3 Å². The molecule has 1 spiro atoms. The SMILES string of the molecule is CC(C)(C)C(=O)C1C(c2ccccc2)C2(C(=O)c3ccccc3C2=O)C2C=Cc3cc(Br)ccc3N12. The van der Waals surface area contributed by atoms with E-state index in [0.717, 1.165) is 21.3 Å². The van der Waals surface area contributed by atoms with E-state index in [0.29, 0.717) is 11.1 Å². The van der Waals surface area contributed by atoms with Crippen molar-refractivity contribution in [3.8, 4) is 0 Å². The molecule has 4 nitrogen and oxygen atoms in total. The Morgan fingerprint density at radius 3 is 2.11 bits per heavy atom. The third-order valence-electron chi connectivity index (χ3n) is 7.93. The maximum absolute atomic E-state index is 14.5. The molecule has 3 aliphatic rings. The molecule has 3 atom stereocenters. The summed E-state index contributed by atoms with van der Waals surface area (Å²) in [6, 6.07) is 21.4. The zero-order chi connectivity index (χ0) is 25.4. The first-order valence-corrected chi connectivity index (χ1v) is 13.0. The van der Waals surface area contributed by atoms with Crippen LogP contribution in [-0.4, -0.2) is 29.4 Å². The molecule has 6 rings (SSSR count). The lowest BCUT2D eigenvalue weighted by Gasteiger charge is -2.38. The first-order valence-electron chi connectivity index (χ1n) is 12.2. The molecule has 3 unspecified atom stereocenters. The van der Waals surface area contributed by atoms with Gasteiger partial charge in [-0.1, -0.05) is 103 Å². The molecule has 0 bridgehead atoms. The van der Waals surface area contributed by atoms with Crippen molar-refractivity contribution in [3.05, 3.63) is 106 Å². The standard InChI is InChI=1S/C31H26BrNO3/c1-30(2,3)29(36)26-25(18-9-5-4-6-10-18)31(27(34)21-11-7-8-12-22(21)28(31)35)24-16-13-19-17-20(32)14-15-23(19)33(24)26/h4-17,24-26H,1-3H3. The highest BCUT2D eigenvalue weighted by molar-refractivity contribution is 9.10. The van der Waals surface area contributed by atoms with Crippen LogP contribution in [0.5, 0.6) is 0 Å². The molecule has 1 saturated heterocycles. The van der Waals surface area contributed by atoms with E-state index in [4.69, 9.17) is 0 Å². The molecule has 0 saturated carbocycles. The molecule has 36 heavy (non-hydrogen) atoms. The van der Waals surface area contributed by atoms with Gasteiger partial charge in [0.25, 0.3) is 0 Å². The average Bonchev–Trinajstić information content (AvgIpc) is 3.29. The van der Waals surface area contributed by atoms with Crippen molar-refractivity contribution < 1.29 is 14.4 Å². The van der Waals surface area contributed by atoms with Gasteiger partial charge in [0.05, 0.1) is 12.1 Å². The van der Waals surface area contributed by atoms with Crippen LogP contribution in [0.2, 0.25) is 0 Å². The normalized spacial score (nSPS) is 23.6. The predicted octanol–water partition coefficient (Wildman–Crippen LogP) is 6.50. The van der Waals surface area contributed by atoms with Crippen LogP contribution in [0.25, 0.3) is 6.08 Å². The van der Waals surface area contributed by atoms with E-state index in [1.165, 1.54) is 0 Å². The van der Waals surface area contributed by atoms with Gasteiger partial charge in [-0.15, -0.1) is 0 Å². The lowest BCUT2D eigenvalue weighted by molar-refractivity contribution is -0.127. The monoisotopic (exact) mass is 539 g/mol. The van der Waals surface area contributed by atoms with Gasteiger partial charge in [0.1, 0.15) is 5.41 Å². The maximum atomic E-state index is 14.5. The highest BCUT2D eigenvalue weighted by Crippen LogP contribution is 2.61. The molecular formula is C31H26BrNO3. The van der Waals surface area contributed by atoms with Crippen molar-refractivity contribution in [2.24, 2.45) is 10.8 Å². The number of ketones is 3. The Morgan fingerprint density at radius 2 is 1.50 bits per heavy atom. The zero-order valence-corrected chi connectivity index (χ0v) is 22.0. The first kappa shape index (κ1) is 23.1. The van der Waals surface area contributed by atoms with E-state index in [-0.39, 0.29) is 17.3 Å². The Kier molecular flexibility index (Phi) is 5.03. The van der Waals surface area contributed by atoms with Gasteiger partial charge in [-0.05, 0) is 29.3 Å². The first-order chi connectivity index (χ1) is 17.2. The van der Waals surface area contributed by atoms with Crippen molar-refractivity contribution in [1.29, 1.82) is 0 Å². The summed E-state index contributed by atoms with van der Waals surface area (Å²) in [7, 11) is 0. The second kappa shape index (κ2) is 7.84. The topological polar surface area (TPSA) is 54.5 Å². The molecule has 0 N–H and O–H groups in total. The summed E-state index contributed by atoms with van der Waals surface area (Å²) in [5.74, 6) is -1.01. The second-order valence-corrected chi connectivity index (χ2v) is 11.9. The predicted molar refractivity (Wildman–Crippen MR) is 144 cm³/mol. The summed E-state index contributed by atoms with van der Waals surface area (Å²) in [4.78, 5) is 45.3. The number of Topliss-reactive ketones (excluding diaryl/α,β-unsaturated/α-hetero) is 3. The van der Waals surface area contributed by atoms with Crippen molar-refractivity contribution in [3.63, 3.8) is 0 Å². The number of benzene rings is 3. The molecule has 180 valence electrons. The van der Waals surface area contributed by atoms with Gasteiger partial charge in [-0.25, -0.2) is 0 Å². The lowest BCUT2D eigenvalue weighted by atomic mass is 9.63. The average molecular weight is 540 g/mol. The van der Waals surface area contributed by atoms with Crippen molar-refractivity contribution in [2.45, 2.75) is 38.8 Å². The Bertz CT molecular complexity index is 1430. The summed E-state index contributed by atoms with van der Waals surface area (Å²) in [5.41, 5.74) is 1.43. The van der Waals surface area contributed by atoms with Gasteiger partial charge in [0.2, 0.25) is 0 Å². The molecule has 1 fully saturated rings. The van der Waals surface area contributed by atoms with Crippen LogP contribution in [0.3, 0.4) is 0 Å². The minimum absolute atomic E-state index is 0.0129. The van der Waals surface area contributed by atoms with Crippen molar-refractivity contribution >= 4 is 45.0 Å². The molecule has 0 aromatic heterocycles. The van der Waals surface area contributed by atoms with Gasteiger partial charge < -0.3 is 4.90 Å². The van der Waals surface area contributed by atoms with Gasteiger partial charge in [-0.2, -0.15) is 0 Å². The van der Waals surface area contributed by atoms with Crippen LogP contribution in [0.15, 0.2) is 83.3 Å². The summed E-state index contributed by atoms with van der Waals surface area (Å²) in [6.07, 6.45) is 3.95. The van der Waals surface area contributed by atoms with Gasteiger partial charge >= 0.3 is 0 Å². The molecule has 0 radical (unpaired) electrons. The largest absolute Gasteiger partial charge is 0.352 e. The van der Waals surface area contributed by atoms with E-state index in [2.05, 4.69) is 20.8 Å². The summed E-state index contributed by atoms with van der Waals surface area (Å²) < 4.78 is 0.928. The van der Waals surface area contributed by atoms with E-state index >= 15 is 0 Å². The van der Waals surface area contributed by atoms with Crippen molar-refractivity contribution in [1.82, 2.24) is 0 Å². The number of hydrogen-bond donors (Lipinski definition) is 0. The molecule has 0 amide bonds. The Labute approximate surface area is 219 Å². The Hall–Kier alpha value is -3.31. The van der Waals surface area contributed by atoms with Crippen LogP contribution < -0.4 is 4.90 Å². The van der Waals surface area contributed by atoms with Crippen LogP contribution in [0.1, 0.15) is 58.5 Å². The molecule has 3 aromatic rings. The highest BCUT2D eigenvalue weighted by atomic mass is 79.9. The van der Waals surface area contributed by atoms with E-state index in [9.17, 15) is 14.4 Å². The fraction of sp³-hybridized carbons (Fsp3) is 0.258. The molecule has 3 aromatic carbocycles. The highest BCUT2D eigenvalue weighted by Gasteiger charge is 2.71. The van der Waals surface area contributed by atoms with Crippen LogP contribution >= 0.6 is 15.9 Å². The third kappa shape index (κ3) is 2.95. The zero-order valence-electron chi connectivity index (χ0n) is 20.4. The molecular weight excluding hydrogens is 514 g/mol. The quantitative estimate of drug-likeness (QED) is 0.349. The van der Waals surface area contributed by atoms with Crippen LogP contribution in [-0.2, 0) is 4.79 Å². The lowest BCUT2D eigenvalue weighted by Crippen LogP contribution is -2.49. The van der Waals surface area contributed by atoms with E-state index in [1.807, 2.05) is 81.5 Å². The van der Waals surface area contributed by atoms with Gasteiger partial charge in [-0.3, -0.25) is 14.4 Å². The second-order valence-electron chi connectivity index (χ2n) is 10.9. The fourth-order valence-electron chi connectivity index (χ4n) is 6.42. The number of rotatable bonds is 2. The van der Waals surface area contributed by atoms with Crippen LogP contribution in [0, 0.1) is 10.8 Å². The molecule has 1 aliphatic carbocycles. The Morgan fingerprint density at radius 1 is 0.889 bits per heavy atom. The maximum Gasteiger partial charge on any atom is 0.180 e. The number of carbonyl (C=O) groups excluding carboxylic acids is 3. The number of carbonyl (C=O) groups is 3. The van der Waals surface area contributed by atoms with E-state index < -0.39 is 28.8 Å². The minimum atomic E-state index is -1.43. The smallest absolute Gasteiger partial charge is 0.180 e. The minimum Gasteiger partial charge on any atom is -0.352 e. The number of anilines is 1. The summed E-state index contributed by atoms with van der Waals surface area (Å²) in [6.45, 7) is 5.73. The molecule has 5 heteroatoms. The van der Waals surface area contributed by atoms with Gasteiger partial charge in [0.15, 0.2) is 17.3 Å². The third-order valence-corrected chi connectivity index (χ3v) is 8.43. The number of fused-ring (bicyclic) bond motifs is 5. The van der Waals surface area contributed by atoms with Crippen molar-refractivity contribution in [2.75, 3.05) is 4.90 Å². The number of halogens is 1. The molecule has 2 aliphatic heterocycles.